The Balaban J connectivity index is 3.03. The fourth-order valence-electron chi connectivity index (χ4n) is 1.35. The van der Waals surface area contributed by atoms with Crippen LogP contribution in [0.15, 0.2) is 12.1 Å². The van der Waals surface area contributed by atoms with Crippen LogP contribution in [0.3, 0.4) is 0 Å². The lowest BCUT2D eigenvalue weighted by Gasteiger charge is -2.19. The summed E-state index contributed by atoms with van der Waals surface area (Å²) in [5.41, 5.74) is 5.36. The first-order chi connectivity index (χ1) is 7.47. The van der Waals surface area contributed by atoms with Gasteiger partial charge in [-0.25, -0.2) is 4.39 Å². The normalized spacial score (nSPS) is 14.8. The third-order valence-corrected chi connectivity index (χ3v) is 2.71. The Morgan fingerprint density at radius 1 is 1.44 bits per heavy atom. The highest BCUT2D eigenvalue weighted by Gasteiger charge is 2.22. The molecule has 0 heterocycles. The van der Waals surface area contributed by atoms with Crippen molar-refractivity contribution in [3.05, 3.63) is 28.5 Å². The second kappa shape index (κ2) is 5.72. The SMILES string of the molecule is Nc1c(F)cc(Cl)cc1C(O)C(O)CCS. The summed E-state index contributed by atoms with van der Waals surface area (Å²) in [6.07, 6.45) is -2.03. The van der Waals surface area contributed by atoms with Gasteiger partial charge >= 0.3 is 0 Å². The van der Waals surface area contributed by atoms with Crippen LogP contribution in [-0.4, -0.2) is 22.1 Å². The second-order valence-electron chi connectivity index (χ2n) is 3.41. The first-order valence-electron chi connectivity index (χ1n) is 4.68. The third-order valence-electron chi connectivity index (χ3n) is 2.23. The number of aliphatic hydroxyl groups excluding tert-OH is 2. The number of anilines is 1. The van der Waals surface area contributed by atoms with Crippen LogP contribution in [-0.2, 0) is 0 Å². The molecule has 6 heteroatoms. The number of thiol groups is 1. The number of aliphatic hydroxyl groups is 2. The Labute approximate surface area is 103 Å². The van der Waals surface area contributed by atoms with Crippen molar-refractivity contribution in [2.75, 3.05) is 11.5 Å². The van der Waals surface area contributed by atoms with Crippen LogP contribution < -0.4 is 5.73 Å². The molecule has 0 aliphatic carbocycles. The molecule has 0 aliphatic heterocycles. The van der Waals surface area contributed by atoms with Crippen LogP contribution in [0, 0.1) is 5.82 Å². The van der Waals surface area contributed by atoms with Gasteiger partial charge in [0.2, 0.25) is 0 Å². The lowest BCUT2D eigenvalue weighted by molar-refractivity contribution is 0.0175. The average Bonchev–Trinajstić information content (AvgIpc) is 2.22. The molecule has 1 aromatic carbocycles. The highest BCUT2D eigenvalue weighted by atomic mass is 35.5. The van der Waals surface area contributed by atoms with E-state index in [2.05, 4.69) is 12.6 Å². The molecule has 16 heavy (non-hydrogen) atoms. The van der Waals surface area contributed by atoms with Gasteiger partial charge in [0.1, 0.15) is 11.9 Å². The largest absolute Gasteiger partial charge is 0.396 e. The molecule has 0 amide bonds. The lowest BCUT2D eigenvalue weighted by atomic mass is 10.0. The average molecular weight is 266 g/mol. The van der Waals surface area contributed by atoms with E-state index in [-0.39, 0.29) is 22.7 Å². The maximum atomic E-state index is 13.2. The number of hydrogen-bond donors (Lipinski definition) is 4. The molecule has 0 fully saturated rings. The lowest BCUT2D eigenvalue weighted by Crippen LogP contribution is -2.20. The molecule has 0 bridgehead atoms. The number of benzene rings is 1. The summed E-state index contributed by atoms with van der Waals surface area (Å²) < 4.78 is 13.2. The molecule has 2 unspecified atom stereocenters. The topological polar surface area (TPSA) is 66.5 Å². The van der Waals surface area contributed by atoms with E-state index in [0.29, 0.717) is 5.75 Å². The first kappa shape index (κ1) is 13.6. The van der Waals surface area contributed by atoms with Crippen LogP contribution in [0.1, 0.15) is 18.1 Å². The minimum atomic E-state index is -1.26. The van der Waals surface area contributed by atoms with Crippen molar-refractivity contribution in [3.8, 4) is 0 Å². The number of nitrogen functional groups attached to an aromatic ring is 1. The highest BCUT2D eigenvalue weighted by Crippen LogP contribution is 2.29. The minimum absolute atomic E-state index is 0.0966. The van der Waals surface area contributed by atoms with Crippen molar-refractivity contribution in [2.24, 2.45) is 0 Å². The zero-order valence-corrected chi connectivity index (χ0v) is 10.0. The van der Waals surface area contributed by atoms with Gasteiger partial charge in [-0.3, -0.25) is 0 Å². The van der Waals surface area contributed by atoms with E-state index < -0.39 is 18.0 Å². The molecule has 1 aromatic rings. The van der Waals surface area contributed by atoms with Crippen molar-refractivity contribution < 1.29 is 14.6 Å². The molecular formula is C10H13ClFNO2S. The fourth-order valence-corrected chi connectivity index (χ4v) is 1.82. The molecule has 0 aromatic heterocycles. The Morgan fingerprint density at radius 2 is 2.06 bits per heavy atom. The van der Waals surface area contributed by atoms with E-state index in [1.165, 1.54) is 6.07 Å². The van der Waals surface area contributed by atoms with Crippen molar-refractivity contribution in [2.45, 2.75) is 18.6 Å². The van der Waals surface area contributed by atoms with Crippen molar-refractivity contribution >= 4 is 29.9 Å². The van der Waals surface area contributed by atoms with E-state index in [0.717, 1.165) is 6.07 Å². The Hall–Kier alpha value is -0.490. The molecule has 0 spiro atoms. The monoisotopic (exact) mass is 265 g/mol. The maximum absolute atomic E-state index is 13.2. The van der Waals surface area contributed by atoms with E-state index in [1.807, 2.05) is 0 Å². The van der Waals surface area contributed by atoms with Crippen LogP contribution in [0.5, 0.6) is 0 Å². The van der Waals surface area contributed by atoms with Crippen LogP contribution in [0.2, 0.25) is 5.02 Å². The highest BCUT2D eigenvalue weighted by molar-refractivity contribution is 7.80. The van der Waals surface area contributed by atoms with Gasteiger partial charge < -0.3 is 15.9 Å². The Kier molecular flexibility index (Phi) is 4.86. The number of hydrogen-bond acceptors (Lipinski definition) is 4. The molecule has 0 saturated carbocycles. The van der Waals surface area contributed by atoms with Gasteiger partial charge in [0.25, 0.3) is 0 Å². The summed E-state index contributed by atoms with van der Waals surface area (Å²) in [4.78, 5) is 0. The molecular weight excluding hydrogens is 253 g/mol. The quantitative estimate of drug-likeness (QED) is 0.496. The fraction of sp³-hybridized carbons (Fsp3) is 0.400. The third kappa shape index (κ3) is 3.01. The van der Waals surface area contributed by atoms with E-state index in [1.54, 1.807) is 0 Å². The molecule has 4 N–H and O–H groups in total. The van der Waals surface area contributed by atoms with Crippen molar-refractivity contribution in [3.63, 3.8) is 0 Å². The maximum Gasteiger partial charge on any atom is 0.147 e. The molecule has 1 rings (SSSR count). The van der Waals surface area contributed by atoms with Gasteiger partial charge in [-0.05, 0) is 24.3 Å². The zero-order valence-electron chi connectivity index (χ0n) is 8.40. The molecule has 0 saturated heterocycles. The predicted octanol–water partition coefficient (Wildman–Crippen LogP) is 1.78. The number of nitrogens with two attached hydrogens (primary N) is 1. The summed E-state index contributed by atoms with van der Waals surface area (Å²) in [5, 5.41) is 19.4. The van der Waals surface area contributed by atoms with E-state index in [4.69, 9.17) is 17.3 Å². The van der Waals surface area contributed by atoms with Crippen LogP contribution in [0.25, 0.3) is 0 Å². The summed E-state index contributed by atoms with van der Waals surface area (Å²) in [6, 6.07) is 2.39. The summed E-state index contributed by atoms with van der Waals surface area (Å²) in [7, 11) is 0. The molecule has 2 atom stereocenters. The van der Waals surface area contributed by atoms with Gasteiger partial charge in [-0.15, -0.1) is 0 Å². The smallest absolute Gasteiger partial charge is 0.147 e. The van der Waals surface area contributed by atoms with E-state index >= 15 is 0 Å². The minimum Gasteiger partial charge on any atom is -0.396 e. The molecule has 0 radical (unpaired) electrons. The van der Waals surface area contributed by atoms with E-state index in [9.17, 15) is 14.6 Å². The van der Waals surface area contributed by atoms with Gasteiger partial charge in [-0.2, -0.15) is 12.6 Å². The molecule has 3 nitrogen and oxygen atoms in total. The zero-order chi connectivity index (χ0) is 12.3. The number of halogens is 2. The van der Waals surface area contributed by atoms with Crippen molar-refractivity contribution in [1.82, 2.24) is 0 Å². The van der Waals surface area contributed by atoms with Gasteiger partial charge in [0.05, 0.1) is 11.8 Å². The summed E-state index contributed by atoms with van der Waals surface area (Å²) >= 11 is 9.58. The van der Waals surface area contributed by atoms with Gasteiger partial charge in [0, 0.05) is 10.6 Å². The first-order valence-corrected chi connectivity index (χ1v) is 5.69. The van der Waals surface area contributed by atoms with Crippen molar-refractivity contribution in [1.29, 1.82) is 0 Å². The van der Waals surface area contributed by atoms with Crippen LogP contribution in [0.4, 0.5) is 10.1 Å². The second-order valence-corrected chi connectivity index (χ2v) is 4.30. The van der Waals surface area contributed by atoms with Crippen LogP contribution >= 0.6 is 24.2 Å². The Bertz CT molecular complexity index is 378. The van der Waals surface area contributed by atoms with Gasteiger partial charge in [0.15, 0.2) is 0 Å². The summed E-state index contributed by atoms with van der Waals surface area (Å²) in [6.45, 7) is 0. The standard InChI is InChI=1S/C10H13ClFNO2S/c11-5-3-6(9(13)7(12)4-5)10(15)8(14)1-2-16/h3-4,8,10,14-16H,1-2,13H2. The number of rotatable bonds is 4. The summed E-state index contributed by atoms with van der Waals surface area (Å²) in [5.74, 6) is -0.305. The molecule has 0 aliphatic rings. The molecule has 90 valence electrons. The van der Waals surface area contributed by atoms with Gasteiger partial charge in [-0.1, -0.05) is 11.6 Å². The predicted molar refractivity (Wildman–Crippen MR) is 65.3 cm³/mol. The Morgan fingerprint density at radius 3 is 2.62 bits per heavy atom.